The Balaban J connectivity index is 1.47. The summed E-state index contributed by atoms with van der Waals surface area (Å²) in [5, 5.41) is 6.74. The van der Waals surface area contributed by atoms with Crippen molar-refractivity contribution in [2.24, 2.45) is 0 Å². The number of sulfonamides is 1. The maximum atomic E-state index is 13.1. The molecule has 3 heterocycles. The van der Waals surface area contributed by atoms with Crippen molar-refractivity contribution < 1.29 is 12.8 Å². The van der Waals surface area contributed by atoms with Crippen LogP contribution in [0.25, 0.3) is 10.6 Å². The van der Waals surface area contributed by atoms with Gasteiger partial charge in [-0.2, -0.15) is 9.40 Å². The summed E-state index contributed by atoms with van der Waals surface area (Å²) in [6.45, 7) is 1.95. The van der Waals surface area contributed by atoms with Crippen molar-refractivity contribution in [2.75, 3.05) is 31.1 Å². The van der Waals surface area contributed by atoms with Crippen LogP contribution in [0.4, 0.5) is 10.1 Å². The Bertz CT molecular complexity index is 976. The molecule has 1 aliphatic heterocycles. The second-order valence-corrected chi connectivity index (χ2v) is 9.21. The summed E-state index contributed by atoms with van der Waals surface area (Å²) in [6.07, 6.45) is 1.64. The minimum Gasteiger partial charge on any atom is -0.369 e. The highest BCUT2D eigenvalue weighted by atomic mass is 32.2. The third-order valence-corrected chi connectivity index (χ3v) is 7.86. The number of benzene rings is 1. The number of nitrogens with one attached hydrogen (secondary N) is 1. The SMILES string of the molecule is O=S(=O)(c1ccc(-c2ccn[nH]2)s1)N1CCN(c2ccc(F)cc2)CC1. The van der Waals surface area contributed by atoms with Crippen LogP contribution in [0.1, 0.15) is 0 Å². The molecule has 1 saturated heterocycles. The second-order valence-electron chi connectivity index (χ2n) is 5.96. The van der Waals surface area contributed by atoms with Crippen LogP contribution in [0.5, 0.6) is 0 Å². The van der Waals surface area contributed by atoms with Crippen molar-refractivity contribution in [2.45, 2.75) is 4.21 Å². The van der Waals surface area contributed by atoms with Crippen LogP contribution in [-0.2, 0) is 10.0 Å². The Morgan fingerprint density at radius 2 is 1.73 bits per heavy atom. The molecule has 0 radical (unpaired) electrons. The van der Waals surface area contributed by atoms with Crippen LogP contribution in [-0.4, -0.2) is 49.1 Å². The maximum absolute atomic E-state index is 13.1. The summed E-state index contributed by atoms with van der Waals surface area (Å²) < 4.78 is 40.7. The average molecular weight is 392 g/mol. The molecule has 0 amide bonds. The van der Waals surface area contributed by atoms with E-state index in [1.54, 1.807) is 30.5 Å². The molecule has 1 N–H and O–H groups in total. The number of aromatic amines is 1. The lowest BCUT2D eigenvalue weighted by atomic mass is 10.2. The first-order valence-corrected chi connectivity index (χ1v) is 10.4. The van der Waals surface area contributed by atoms with Gasteiger partial charge in [0.25, 0.3) is 10.0 Å². The molecular formula is C17H17FN4O2S2. The minimum absolute atomic E-state index is 0.277. The number of rotatable bonds is 4. The molecule has 0 spiro atoms. The molecule has 6 nitrogen and oxygen atoms in total. The van der Waals surface area contributed by atoms with Gasteiger partial charge in [0.1, 0.15) is 10.0 Å². The first kappa shape index (κ1) is 17.2. The van der Waals surface area contributed by atoms with Gasteiger partial charge in [0.05, 0.1) is 10.6 Å². The van der Waals surface area contributed by atoms with Gasteiger partial charge in [0.2, 0.25) is 0 Å². The van der Waals surface area contributed by atoms with E-state index in [-0.39, 0.29) is 5.82 Å². The summed E-state index contributed by atoms with van der Waals surface area (Å²) in [5.41, 5.74) is 1.71. The van der Waals surface area contributed by atoms with Gasteiger partial charge in [0, 0.05) is 38.1 Å². The normalized spacial score (nSPS) is 16.1. The summed E-state index contributed by atoms with van der Waals surface area (Å²) in [5.74, 6) is -0.277. The van der Waals surface area contributed by atoms with E-state index in [0.717, 1.165) is 16.3 Å². The monoisotopic (exact) mass is 392 g/mol. The van der Waals surface area contributed by atoms with E-state index in [1.165, 1.54) is 27.8 Å². The molecule has 0 atom stereocenters. The van der Waals surface area contributed by atoms with Gasteiger partial charge in [-0.15, -0.1) is 11.3 Å². The number of anilines is 1. The van der Waals surface area contributed by atoms with Crippen molar-refractivity contribution in [3.05, 3.63) is 54.5 Å². The summed E-state index contributed by atoms with van der Waals surface area (Å²) >= 11 is 1.23. The third-order valence-electron chi connectivity index (χ3n) is 4.37. The quantitative estimate of drug-likeness (QED) is 0.741. The Hall–Kier alpha value is -2.23. The number of H-pyrrole nitrogens is 1. The van der Waals surface area contributed by atoms with Crippen LogP contribution >= 0.6 is 11.3 Å². The molecule has 0 aliphatic carbocycles. The Labute approximate surface area is 154 Å². The zero-order valence-electron chi connectivity index (χ0n) is 13.8. The molecule has 4 rings (SSSR count). The van der Waals surface area contributed by atoms with Gasteiger partial charge in [-0.1, -0.05) is 0 Å². The molecule has 3 aromatic rings. The smallest absolute Gasteiger partial charge is 0.252 e. The molecule has 1 fully saturated rings. The highest BCUT2D eigenvalue weighted by Gasteiger charge is 2.30. The first-order chi connectivity index (χ1) is 12.5. The number of piperazine rings is 1. The topological polar surface area (TPSA) is 69.3 Å². The van der Waals surface area contributed by atoms with Gasteiger partial charge in [-0.25, -0.2) is 12.8 Å². The molecule has 9 heteroatoms. The number of hydrogen-bond acceptors (Lipinski definition) is 5. The number of thiophene rings is 1. The number of hydrogen-bond donors (Lipinski definition) is 1. The van der Waals surface area contributed by atoms with E-state index < -0.39 is 10.0 Å². The standard InChI is InChI=1S/C17H17FN4O2S2/c18-13-1-3-14(4-2-13)21-9-11-22(12-10-21)26(23,24)17-6-5-16(25-17)15-7-8-19-20-15/h1-8H,9-12H2,(H,19,20). The number of nitrogens with zero attached hydrogens (tertiary/aromatic N) is 3. The van der Waals surface area contributed by atoms with Gasteiger partial charge < -0.3 is 4.90 Å². The molecule has 0 unspecified atom stereocenters. The zero-order chi connectivity index (χ0) is 18.1. The van der Waals surface area contributed by atoms with Crippen molar-refractivity contribution in [3.8, 4) is 10.6 Å². The third kappa shape index (κ3) is 3.25. The second kappa shape index (κ2) is 6.82. The fraction of sp³-hybridized carbons (Fsp3) is 0.235. The maximum Gasteiger partial charge on any atom is 0.252 e. The summed E-state index contributed by atoms with van der Waals surface area (Å²) in [7, 11) is -3.51. The van der Waals surface area contributed by atoms with Crippen LogP contribution in [0, 0.1) is 5.82 Å². The summed E-state index contributed by atoms with van der Waals surface area (Å²) in [6, 6.07) is 11.5. The lowest BCUT2D eigenvalue weighted by Gasteiger charge is -2.35. The highest BCUT2D eigenvalue weighted by Crippen LogP contribution is 2.31. The van der Waals surface area contributed by atoms with E-state index in [4.69, 9.17) is 0 Å². The molecule has 0 saturated carbocycles. The van der Waals surface area contributed by atoms with E-state index in [0.29, 0.717) is 30.4 Å². The van der Waals surface area contributed by atoms with Gasteiger partial charge >= 0.3 is 0 Å². The Morgan fingerprint density at radius 1 is 1.00 bits per heavy atom. The first-order valence-electron chi connectivity index (χ1n) is 8.14. The molecule has 2 aromatic heterocycles. The Morgan fingerprint density at radius 3 is 2.38 bits per heavy atom. The van der Waals surface area contributed by atoms with Crippen LogP contribution in [0.15, 0.2) is 52.9 Å². The zero-order valence-corrected chi connectivity index (χ0v) is 15.4. The van der Waals surface area contributed by atoms with Crippen LogP contribution in [0.2, 0.25) is 0 Å². The lowest BCUT2D eigenvalue weighted by molar-refractivity contribution is 0.386. The van der Waals surface area contributed by atoms with Crippen molar-refractivity contribution in [3.63, 3.8) is 0 Å². The van der Waals surface area contributed by atoms with E-state index in [9.17, 15) is 12.8 Å². The predicted molar refractivity (Wildman–Crippen MR) is 99.3 cm³/mol. The molecular weight excluding hydrogens is 375 g/mol. The lowest BCUT2D eigenvalue weighted by Crippen LogP contribution is -2.48. The summed E-state index contributed by atoms with van der Waals surface area (Å²) in [4.78, 5) is 2.90. The molecule has 26 heavy (non-hydrogen) atoms. The predicted octanol–water partition coefficient (Wildman–Crippen LogP) is 2.79. The average Bonchev–Trinajstić information content (AvgIpc) is 3.34. The van der Waals surface area contributed by atoms with Gasteiger partial charge in [0.15, 0.2) is 0 Å². The van der Waals surface area contributed by atoms with E-state index in [1.807, 2.05) is 6.07 Å². The van der Waals surface area contributed by atoms with Crippen molar-refractivity contribution in [1.29, 1.82) is 0 Å². The number of aromatic nitrogens is 2. The van der Waals surface area contributed by atoms with Crippen LogP contribution in [0.3, 0.4) is 0 Å². The highest BCUT2D eigenvalue weighted by molar-refractivity contribution is 7.91. The van der Waals surface area contributed by atoms with E-state index >= 15 is 0 Å². The molecule has 136 valence electrons. The van der Waals surface area contributed by atoms with E-state index in [2.05, 4.69) is 15.1 Å². The molecule has 1 aromatic carbocycles. The number of halogens is 1. The van der Waals surface area contributed by atoms with Crippen molar-refractivity contribution >= 4 is 27.0 Å². The van der Waals surface area contributed by atoms with Crippen molar-refractivity contribution in [1.82, 2.24) is 14.5 Å². The fourth-order valence-corrected chi connectivity index (χ4v) is 5.82. The fourth-order valence-electron chi connectivity index (χ4n) is 2.96. The largest absolute Gasteiger partial charge is 0.369 e. The Kier molecular flexibility index (Phi) is 4.51. The van der Waals surface area contributed by atoms with Gasteiger partial charge in [-0.3, -0.25) is 5.10 Å². The minimum atomic E-state index is -3.51. The van der Waals surface area contributed by atoms with Crippen LogP contribution < -0.4 is 4.90 Å². The van der Waals surface area contributed by atoms with Gasteiger partial charge in [-0.05, 0) is 42.5 Å². The molecule has 1 aliphatic rings. The molecule has 0 bridgehead atoms.